The Labute approximate surface area is 172 Å². The minimum atomic E-state index is -1.04. The fourth-order valence-electron chi connectivity index (χ4n) is 3.17. The Bertz CT molecular complexity index is 757. The van der Waals surface area contributed by atoms with Crippen molar-refractivity contribution in [2.24, 2.45) is 16.6 Å². The Morgan fingerprint density at radius 2 is 1.69 bits per heavy atom. The third kappa shape index (κ3) is 7.52. The first kappa shape index (κ1) is 24.1. The molecule has 7 heteroatoms. The summed E-state index contributed by atoms with van der Waals surface area (Å²) in [6, 6.07) is 7.23. The van der Waals surface area contributed by atoms with Crippen molar-refractivity contribution in [2.45, 2.75) is 52.6 Å². The van der Waals surface area contributed by atoms with Crippen LogP contribution in [-0.2, 0) is 25.6 Å². The molecule has 4 N–H and O–H groups in total. The molecule has 3 amide bonds. The highest BCUT2D eigenvalue weighted by molar-refractivity contribution is 5.93. The van der Waals surface area contributed by atoms with Gasteiger partial charge in [-0.25, -0.2) is 0 Å². The number of hydrogen-bond donors (Lipinski definition) is 3. The van der Waals surface area contributed by atoms with Crippen molar-refractivity contribution in [3.63, 3.8) is 0 Å². The minimum absolute atomic E-state index is 0.230. The normalized spacial score (nSPS) is 13.7. The maximum absolute atomic E-state index is 12.9. The van der Waals surface area contributed by atoms with Gasteiger partial charge in [0.05, 0.1) is 0 Å². The third-order valence-corrected chi connectivity index (χ3v) is 4.58. The summed E-state index contributed by atoms with van der Waals surface area (Å²) in [5.41, 5.74) is 4.53. The minimum Gasteiger partial charge on any atom is -0.368 e. The summed E-state index contributed by atoms with van der Waals surface area (Å²) in [5, 5.41) is 5.27. The molecule has 1 aromatic rings. The average Bonchev–Trinajstić information content (AvgIpc) is 2.65. The Morgan fingerprint density at radius 3 is 2.17 bits per heavy atom. The topological polar surface area (TPSA) is 118 Å². The zero-order chi connectivity index (χ0) is 22.2. The van der Waals surface area contributed by atoms with Crippen LogP contribution in [0.15, 0.2) is 43.0 Å². The zero-order valence-electron chi connectivity index (χ0n) is 17.5. The number of amides is 3. The molecule has 1 aromatic carbocycles. The number of carbonyl (C=O) groups is 4. The Kier molecular flexibility index (Phi) is 8.30. The van der Waals surface area contributed by atoms with Gasteiger partial charge in [-0.1, -0.05) is 64.1 Å². The first-order chi connectivity index (χ1) is 13.4. The molecule has 7 nitrogen and oxygen atoms in total. The molecular weight excluding hydrogens is 370 g/mol. The van der Waals surface area contributed by atoms with Crippen molar-refractivity contribution in [1.29, 1.82) is 0 Å². The van der Waals surface area contributed by atoms with Crippen LogP contribution in [0.3, 0.4) is 0 Å². The maximum Gasteiger partial charge on any atom is 0.244 e. The van der Waals surface area contributed by atoms with E-state index in [9.17, 15) is 19.2 Å². The molecule has 0 radical (unpaired) electrons. The molecule has 0 saturated carbocycles. The van der Waals surface area contributed by atoms with Crippen molar-refractivity contribution in [3.05, 3.63) is 48.6 Å². The summed E-state index contributed by atoms with van der Waals surface area (Å²) >= 11 is 0. The second-order valence-corrected chi connectivity index (χ2v) is 8.51. The molecule has 0 aromatic heterocycles. The number of hydrogen-bond acceptors (Lipinski definition) is 4. The highest BCUT2D eigenvalue weighted by Crippen LogP contribution is 2.32. The molecule has 0 aliphatic heterocycles. The Balaban J connectivity index is 3.05. The zero-order valence-corrected chi connectivity index (χ0v) is 17.5. The standard InChI is InChI=1S/C22H31N3O4/c1-6-16(18(23)27)24-19(28)17(12-15-10-8-7-9-11-15)25-20(29)22(4,5)13-21(2,3)14-26/h6-11,14,16-17H,1,12-13H2,2-5H3,(H2,23,27)(H,24,28)(H,25,29)/t16-,17-/m0/s1. The van der Waals surface area contributed by atoms with E-state index in [0.29, 0.717) is 6.42 Å². The molecular formula is C22H31N3O4. The van der Waals surface area contributed by atoms with Crippen LogP contribution < -0.4 is 16.4 Å². The summed E-state index contributed by atoms with van der Waals surface area (Å²) in [5.74, 6) is -1.65. The molecule has 2 atom stereocenters. The number of primary amides is 1. The second kappa shape index (κ2) is 10.0. The number of rotatable bonds is 11. The summed E-state index contributed by atoms with van der Waals surface area (Å²) in [7, 11) is 0. The first-order valence-electron chi connectivity index (χ1n) is 9.45. The maximum atomic E-state index is 12.9. The van der Waals surface area contributed by atoms with Crippen molar-refractivity contribution >= 4 is 24.0 Å². The van der Waals surface area contributed by atoms with E-state index in [-0.39, 0.29) is 12.3 Å². The van der Waals surface area contributed by atoms with Crippen molar-refractivity contribution < 1.29 is 19.2 Å². The summed E-state index contributed by atoms with van der Waals surface area (Å²) in [6.07, 6.45) is 2.59. The number of nitrogens with one attached hydrogen (secondary N) is 2. The molecule has 1 rings (SSSR count). The lowest BCUT2D eigenvalue weighted by atomic mass is 9.75. The quantitative estimate of drug-likeness (QED) is 0.385. The van der Waals surface area contributed by atoms with E-state index in [0.717, 1.165) is 11.8 Å². The monoisotopic (exact) mass is 401 g/mol. The molecule has 0 bridgehead atoms. The summed E-state index contributed by atoms with van der Waals surface area (Å²) in [4.78, 5) is 48.4. The average molecular weight is 402 g/mol. The van der Waals surface area contributed by atoms with Crippen molar-refractivity contribution in [3.8, 4) is 0 Å². The lowest BCUT2D eigenvalue weighted by Gasteiger charge is -2.32. The summed E-state index contributed by atoms with van der Waals surface area (Å²) in [6.45, 7) is 10.4. The van der Waals surface area contributed by atoms with Gasteiger partial charge in [-0.05, 0) is 12.0 Å². The van der Waals surface area contributed by atoms with Crippen LogP contribution in [0.4, 0.5) is 0 Å². The molecule has 0 aliphatic carbocycles. The molecule has 0 fully saturated rings. The first-order valence-corrected chi connectivity index (χ1v) is 9.45. The molecule has 0 unspecified atom stereocenters. The lowest BCUT2D eigenvalue weighted by Crippen LogP contribution is -2.55. The number of carbonyl (C=O) groups excluding carboxylic acids is 4. The van der Waals surface area contributed by atoms with Gasteiger partial charge in [0.2, 0.25) is 17.7 Å². The molecule has 29 heavy (non-hydrogen) atoms. The van der Waals surface area contributed by atoms with E-state index in [1.807, 2.05) is 30.3 Å². The molecule has 0 spiro atoms. The number of benzene rings is 1. The number of aldehydes is 1. The van der Waals surface area contributed by atoms with Gasteiger partial charge in [-0.2, -0.15) is 0 Å². The van der Waals surface area contributed by atoms with E-state index in [1.54, 1.807) is 27.7 Å². The Hall–Kier alpha value is -2.96. The van der Waals surface area contributed by atoms with Gasteiger partial charge in [0, 0.05) is 17.3 Å². The van der Waals surface area contributed by atoms with E-state index in [1.165, 1.54) is 6.08 Å². The highest BCUT2D eigenvalue weighted by Gasteiger charge is 2.36. The van der Waals surface area contributed by atoms with Gasteiger partial charge >= 0.3 is 0 Å². The second-order valence-electron chi connectivity index (χ2n) is 8.51. The molecule has 0 aliphatic rings. The van der Waals surface area contributed by atoms with Crippen LogP contribution in [0.2, 0.25) is 0 Å². The van der Waals surface area contributed by atoms with Crippen LogP contribution in [0.25, 0.3) is 0 Å². The largest absolute Gasteiger partial charge is 0.368 e. The van der Waals surface area contributed by atoms with E-state index in [4.69, 9.17) is 5.73 Å². The Morgan fingerprint density at radius 1 is 1.10 bits per heavy atom. The van der Waals surface area contributed by atoms with Crippen LogP contribution >= 0.6 is 0 Å². The number of nitrogens with two attached hydrogens (primary N) is 1. The van der Waals surface area contributed by atoms with Gasteiger partial charge in [-0.15, -0.1) is 6.58 Å². The SMILES string of the molecule is C=C[C@H](NC(=O)[C@H](Cc1ccccc1)NC(=O)C(C)(C)CC(C)(C)C=O)C(N)=O. The predicted octanol–water partition coefficient (Wildman–Crippen LogP) is 1.51. The van der Waals surface area contributed by atoms with Crippen molar-refractivity contribution in [2.75, 3.05) is 0 Å². The highest BCUT2D eigenvalue weighted by atomic mass is 16.2. The van der Waals surface area contributed by atoms with Crippen LogP contribution in [0.1, 0.15) is 39.7 Å². The van der Waals surface area contributed by atoms with Crippen LogP contribution in [-0.4, -0.2) is 36.1 Å². The van der Waals surface area contributed by atoms with E-state index >= 15 is 0 Å². The van der Waals surface area contributed by atoms with Crippen LogP contribution in [0, 0.1) is 10.8 Å². The van der Waals surface area contributed by atoms with Gasteiger partial charge in [0.25, 0.3) is 0 Å². The lowest BCUT2D eigenvalue weighted by molar-refractivity contribution is -0.136. The third-order valence-electron chi connectivity index (χ3n) is 4.58. The fraction of sp³-hybridized carbons (Fsp3) is 0.455. The smallest absolute Gasteiger partial charge is 0.244 e. The predicted molar refractivity (Wildman–Crippen MR) is 112 cm³/mol. The molecule has 158 valence electrons. The van der Waals surface area contributed by atoms with Crippen molar-refractivity contribution in [1.82, 2.24) is 10.6 Å². The fourth-order valence-corrected chi connectivity index (χ4v) is 3.17. The summed E-state index contributed by atoms with van der Waals surface area (Å²) < 4.78 is 0. The molecule has 0 saturated heterocycles. The van der Waals surface area contributed by atoms with Gasteiger partial charge in [-0.3, -0.25) is 14.4 Å². The van der Waals surface area contributed by atoms with Crippen LogP contribution in [0.5, 0.6) is 0 Å². The van der Waals surface area contributed by atoms with E-state index in [2.05, 4.69) is 17.2 Å². The van der Waals surface area contributed by atoms with Gasteiger partial charge < -0.3 is 21.2 Å². The van der Waals surface area contributed by atoms with Gasteiger partial charge in [0.15, 0.2) is 0 Å². The van der Waals surface area contributed by atoms with Gasteiger partial charge in [0.1, 0.15) is 18.4 Å². The van der Waals surface area contributed by atoms with E-state index < -0.39 is 34.7 Å². The molecule has 0 heterocycles.